The van der Waals surface area contributed by atoms with E-state index in [1.807, 2.05) is 6.07 Å². The van der Waals surface area contributed by atoms with E-state index in [4.69, 9.17) is 0 Å². The zero-order chi connectivity index (χ0) is 11.4. The van der Waals surface area contributed by atoms with Gasteiger partial charge in [-0.2, -0.15) is 0 Å². The summed E-state index contributed by atoms with van der Waals surface area (Å²) >= 11 is 0. The third-order valence-corrected chi connectivity index (χ3v) is 2.62. The Morgan fingerprint density at radius 1 is 0.938 bits per heavy atom. The molecular weight excluding hydrogens is 194 g/mol. The van der Waals surface area contributed by atoms with E-state index in [0.717, 1.165) is 0 Å². The van der Waals surface area contributed by atoms with E-state index in [-0.39, 0.29) is 0 Å². The zero-order valence-electron chi connectivity index (χ0n) is 9.72. The summed E-state index contributed by atoms with van der Waals surface area (Å²) in [6.45, 7) is 2.10. The number of aryl methyl sites for hydroxylation is 2. The highest BCUT2D eigenvalue weighted by Crippen LogP contribution is 2.07. The van der Waals surface area contributed by atoms with E-state index in [0.29, 0.717) is 0 Å². The molecular formula is C15H16N+. The van der Waals surface area contributed by atoms with Crippen LogP contribution in [0.15, 0.2) is 48.7 Å². The van der Waals surface area contributed by atoms with Crippen LogP contribution < -0.4 is 4.57 Å². The van der Waals surface area contributed by atoms with Crippen LogP contribution in [-0.4, -0.2) is 0 Å². The van der Waals surface area contributed by atoms with Crippen molar-refractivity contribution in [1.82, 2.24) is 0 Å². The van der Waals surface area contributed by atoms with E-state index in [2.05, 4.69) is 73.3 Å². The summed E-state index contributed by atoms with van der Waals surface area (Å²) in [5.74, 6) is 0. The Kier molecular flexibility index (Phi) is 3.16. The summed E-state index contributed by atoms with van der Waals surface area (Å²) in [7, 11) is 2.05. The highest BCUT2D eigenvalue weighted by atomic mass is 14.9. The monoisotopic (exact) mass is 210 g/mol. The molecule has 0 bridgehead atoms. The van der Waals surface area contributed by atoms with E-state index in [1.165, 1.54) is 16.8 Å². The van der Waals surface area contributed by atoms with Gasteiger partial charge in [-0.1, -0.05) is 29.8 Å². The molecule has 80 valence electrons. The zero-order valence-corrected chi connectivity index (χ0v) is 9.72. The SMILES string of the molecule is Cc1ccc(/C=C\c2cccc[n+]2C)cc1. The lowest BCUT2D eigenvalue weighted by atomic mass is 10.1. The van der Waals surface area contributed by atoms with Crippen LogP contribution in [0.2, 0.25) is 0 Å². The third-order valence-electron chi connectivity index (χ3n) is 2.62. The molecule has 0 radical (unpaired) electrons. The molecule has 0 unspecified atom stereocenters. The average molecular weight is 210 g/mol. The van der Waals surface area contributed by atoms with Crippen molar-refractivity contribution in [2.45, 2.75) is 6.92 Å². The number of hydrogen-bond acceptors (Lipinski definition) is 0. The Bertz CT molecular complexity index is 495. The largest absolute Gasteiger partial charge is 0.204 e. The van der Waals surface area contributed by atoms with Gasteiger partial charge in [-0.15, -0.1) is 0 Å². The molecule has 0 saturated carbocycles. The fraction of sp³-hybridized carbons (Fsp3) is 0.133. The number of aromatic nitrogens is 1. The second-order valence-electron chi connectivity index (χ2n) is 3.98. The van der Waals surface area contributed by atoms with Crippen LogP contribution in [0.4, 0.5) is 0 Å². The summed E-state index contributed by atoms with van der Waals surface area (Å²) < 4.78 is 2.10. The number of benzene rings is 1. The van der Waals surface area contributed by atoms with Crippen molar-refractivity contribution in [2.75, 3.05) is 0 Å². The molecule has 0 aliphatic heterocycles. The second-order valence-corrected chi connectivity index (χ2v) is 3.98. The van der Waals surface area contributed by atoms with Gasteiger partial charge in [0.15, 0.2) is 6.20 Å². The quantitative estimate of drug-likeness (QED) is 0.671. The van der Waals surface area contributed by atoms with E-state index >= 15 is 0 Å². The molecule has 2 rings (SSSR count). The third kappa shape index (κ3) is 2.57. The Morgan fingerprint density at radius 2 is 1.69 bits per heavy atom. The molecule has 0 aliphatic rings. The molecule has 1 aromatic heterocycles. The molecule has 1 heterocycles. The maximum absolute atomic E-state index is 2.13. The molecule has 16 heavy (non-hydrogen) atoms. The van der Waals surface area contributed by atoms with Crippen LogP contribution in [0.25, 0.3) is 12.2 Å². The highest BCUT2D eigenvalue weighted by Gasteiger charge is 1.98. The minimum Gasteiger partial charge on any atom is -0.202 e. The van der Waals surface area contributed by atoms with Gasteiger partial charge >= 0.3 is 0 Å². The van der Waals surface area contributed by atoms with Crippen molar-refractivity contribution in [3.8, 4) is 0 Å². The van der Waals surface area contributed by atoms with Crippen LogP contribution in [0.1, 0.15) is 16.8 Å². The minimum absolute atomic E-state index is 1.20. The predicted molar refractivity (Wildman–Crippen MR) is 67.7 cm³/mol. The van der Waals surface area contributed by atoms with Crippen molar-refractivity contribution in [2.24, 2.45) is 7.05 Å². The van der Waals surface area contributed by atoms with Crippen molar-refractivity contribution < 1.29 is 4.57 Å². The Morgan fingerprint density at radius 3 is 2.38 bits per heavy atom. The maximum Gasteiger partial charge on any atom is 0.204 e. The van der Waals surface area contributed by atoms with E-state index in [9.17, 15) is 0 Å². The van der Waals surface area contributed by atoms with Gasteiger partial charge in [0, 0.05) is 18.2 Å². The number of rotatable bonds is 2. The molecule has 1 aromatic carbocycles. The first-order valence-electron chi connectivity index (χ1n) is 5.45. The lowest BCUT2D eigenvalue weighted by Gasteiger charge is -1.95. The molecule has 0 amide bonds. The molecule has 1 nitrogen and oxygen atoms in total. The highest BCUT2D eigenvalue weighted by molar-refractivity contribution is 5.66. The fourth-order valence-electron chi connectivity index (χ4n) is 1.57. The molecule has 0 fully saturated rings. The molecule has 0 atom stereocenters. The topological polar surface area (TPSA) is 3.88 Å². The fourth-order valence-corrected chi connectivity index (χ4v) is 1.57. The van der Waals surface area contributed by atoms with Crippen molar-refractivity contribution in [3.63, 3.8) is 0 Å². The van der Waals surface area contributed by atoms with Crippen LogP contribution in [0.5, 0.6) is 0 Å². The Hall–Kier alpha value is -1.89. The normalized spacial score (nSPS) is 10.9. The van der Waals surface area contributed by atoms with Gasteiger partial charge in [-0.25, -0.2) is 4.57 Å². The van der Waals surface area contributed by atoms with Crippen molar-refractivity contribution >= 4 is 12.2 Å². The van der Waals surface area contributed by atoms with Crippen LogP contribution in [0.3, 0.4) is 0 Å². The van der Waals surface area contributed by atoms with Gasteiger partial charge in [-0.05, 0) is 24.6 Å². The smallest absolute Gasteiger partial charge is 0.202 e. The van der Waals surface area contributed by atoms with Gasteiger partial charge < -0.3 is 0 Å². The molecule has 0 aliphatic carbocycles. The van der Waals surface area contributed by atoms with Gasteiger partial charge in [0.2, 0.25) is 5.69 Å². The maximum atomic E-state index is 2.13. The molecule has 0 spiro atoms. The van der Waals surface area contributed by atoms with Crippen LogP contribution in [0, 0.1) is 6.92 Å². The predicted octanol–water partition coefficient (Wildman–Crippen LogP) is 2.99. The molecule has 0 saturated heterocycles. The van der Waals surface area contributed by atoms with Gasteiger partial charge in [0.05, 0.1) is 0 Å². The van der Waals surface area contributed by atoms with Gasteiger partial charge in [0.25, 0.3) is 0 Å². The summed E-state index contributed by atoms with van der Waals surface area (Å²) in [6.07, 6.45) is 6.31. The average Bonchev–Trinajstić information content (AvgIpc) is 2.30. The van der Waals surface area contributed by atoms with E-state index < -0.39 is 0 Å². The molecule has 0 N–H and O–H groups in total. The van der Waals surface area contributed by atoms with E-state index in [1.54, 1.807) is 0 Å². The first kappa shape index (κ1) is 10.6. The number of pyridine rings is 1. The van der Waals surface area contributed by atoms with Crippen molar-refractivity contribution in [1.29, 1.82) is 0 Å². The molecule has 2 aromatic rings. The summed E-state index contributed by atoms with van der Waals surface area (Å²) in [6, 6.07) is 14.7. The van der Waals surface area contributed by atoms with Crippen LogP contribution >= 0.6 is 0 Å². The Labute approximate surface area is 96.7 Å². The minimum atomic E-state index is 1.20. The Balaban J connectivity index is 2.21. The first-order valence-corrected chi connectivity index (χ1v) is 5.45. The first-order chi connectivity index (χ1) is 7.75. The van der Waals surface area contributed by atoms with Gasteiger partial charge in [0.1, 0.15) is 7.05 Å². The summed E-state index contributed by atoms with van der Waals surface area (Å²) in [5, 5.41) is 0. The summed E-state index contributed by atoms with van der Waals surface area (Å²) in [4.78, 5) is 0. The lowest BCUT2D eigenvalue weighted by molar-refractivity contribution is -0.673. The lowest BCUT2D eigenvalue weighted by Crippen LogP contribution is -2.30. The summed E-state index contributed by atoms with van der Waals surface area (Å²) in [5.41, 5.74) is 3.72. The van der Waals surface area contributed by atoms with Crippen LogP contribution in [-0.2, 0) is 7.05 Å². The standard InChI is InChI=1S/C15H16N/c1-13-6-8-14(9-7-13)10-11-15-5-3-4-12-16(15)2/h3-12H,1-2H3/q+1/b11-10-. The van der Waals surface area contributed by atoms with Gasteiger partial charge in [-0.3, -0.25) is 0 Å². The second kappa shape index (κ2) is 4.75. The number of hydrogen-bond donors (Lipinski definition) is 0. The molecule has 1 heteroatoms. The van der Waals surface area contributed by atoms with Crippen molar-refractivity contribution in [3.05, 3.63) is 65.5 Å². The number of nitrogens with zero attached hydrogens (tertiary/aromatic N) is 1.